The van der Waals surface area contributed by atoms with Crippen LogP contribution < -0.4 is 0 Å². The molecule has 0 bridgehead atoms. The molecule has 1 aromatic rings. The second-order valence-electron chi connectivity index (χ2n) is 6.90. The van der Waals surface area contributed by atoms with Crippen LogP contribution in [0.4, 0.5) is 22.0 Å². The standard InChI is InChI=1S/C21H27F5O4/c1-2-3-4-5-6-7-8-12-29-15(27)10-9-11-16(28)30-13-14-17(22)19(24)21(26)20(25)18(14)23/h2-13H2,1H3. The molecule has 0 heterocycles. The molecule has 0 saturated heterocycles. The molecule has 0 fully saturated rings. The Kier molecular flexibility index (Phi) is 12.0. The number of benzene rings is 1. The first-order chi connectivity index (χ1) is 14.3. The maximum Gasteiger partial charge on any atom is 0.306 e. The summed E-state index contributed by atoms with van der Waals surface area (Å²) in [6.07, 6.45) is 7.37. The molecular weight excluding hydrogens is 411 g/mol. The minimum Gasteiger partial charge on any atom is -0.466 e. The van der Waals surface area contributed by atoms with Crippen LogP contribution in [0.1, 0.15) is 76.7 Å². The Morgan fingerprint density at radius 2 is 1.10 bits per heavy atom. The van der Waals surface area contributed by atoms with Crippen molar-refractivity contribution in [2.45, 2.75) is 77.7 Å². The zero-order chi connectivity index (χ0) is 22.5. The van der Waals surface area contributed by atoms with Gasteiger partial charge in [0.05, 0.1) is 12.2 Å². The molecule has 0 aliphatic rings. The van der Waals surface area contributed by atoms with Crippen molar-refractivity contribution in [3.63, 3.8) is 0 Å². The van der Waals surface area contributed by atoms with Crippen LogP contribution >= 0.6 is 0 Å². The fourth-order valence-electron chi connectivity index (χ4n) is 2.70. The van der Waals surface area contributed by atoms with Crippen LogP contribution in [0.15, 0.2) is 0 Å². The molecule has 0 atom stereocenters. The summed E-state index contributed by atoms with van der Waals surface area (Å²) in [6, 6.07) is 0. The van der Waals surface area contributed by atoms with Crippen LogP contribution in [-0.2, 0) is 25.7 Å². The van der Waals surface area contributed by atoms with E-state index in [1.54, 1.807) is 0 Å². The molecule has 0 aliphatic heterocycles. The van der Waals surface area contributed by atoms with E-state index in [-0.39, 0.29) is 19.3 Å². The third-order valence-electron chi connectivity index (χ3n) is 4.45. The summed E-state index contributed by atoms with van der Waals surface area (Å²) in [5.74, 6) is -12.0. The lowest BCUT2D eigenvalue weighted by Gasteiger charge is -2.09. The lowest BCUT2D eigenvalue weighted by Crippen LogP contribution is -2.12. The third kappa shape index (κ3) is 8.67. The van der Waals surface area contributed by atoms with E-state index in [4.69, 9.17) is 4.74 Å². The molecule has 0 spiro atoms. The van der Waals surface area contributed by atoms with E-state index < -0.39 is 53.2 Å². The Bertz CT molecular complexity index is 680. The smallest absolute Gasteiger partial charge is 0.306 e. The van der Waals surface area contributed by atoms with Gasteiger partial charge in [0.15, 0.2) is 23.3 Å². The van der Waals surface area contributed by atoms with Crippen LogP contribution in [0.25, 0.3) is 0 Å². The predicted octanol–water partition coefficient (Wildman–Crippen LogP) is 5.89. The van der Waals surface area contributed by atoms with E-state index in [1.807, 2.05) is 0 Å². The maximum atomic E-state index is 13.5. The zero-order valence-electron chi connectivity index (χ0n) is 17.0. The van der Waals surface area contributed by atoms with Gasteiger partial charge in [-0.05, 0) is 12.8 Å². The Labute approximate surface area is 172 Å². The monoisotopic (exact) mass is 438 g/mol. The zero-order valence-corrected chi connectivity index (χ0v) is 17.0. The first kappa shape index (κ1) is 25.8. The van der Waals surface area contributed by atoms with Crippen molar-refractivity contribution in [1.82, 2.24) is 0 Å². The number of carbonyl (C=O) groups excluding carboxylic acids is 2. The molecule has 0 unspecified atom stereocenters. The highest BCUT2D eigenvalue weighted by Gasteiger charge is 2.26. The molecule has 170 valence electrons. The number of unbranched alkanes of at least 4 members (excludes halogenated alkanes) is 6. The molecule has 0 saturated carbocycles. The van der Waals surface area contributed by atoms with Gasteiger partial charge in [0.2, 0.25) is 5.82 Å². The van der Waals surface area contributed by atoms with Gasteiger partial charge in [-0.2, -0.15) is 0 Å². The van der Waals surface area contributed by atoms with E-state index in [1.165, 1.54) is 19.3 Å². The van der Waals surface area contributed by atoms with Crippen LogP contribution in [0.2, 0.25) is 0 Å². The van der Waals surface area contributed by atoms with Crippen molar-refractivity contribution in [3.8, 4) is 0 Å². The fourth-order valence-corrected chi connectivity index (χ4v) is 2.70. The van der Waals surface area contributed by atoms with Crippen LogP contribution in [0.3, 0.4) is 0 Å². The Morgan fingerprint density at radius 3 is 1.67 bits per heavy atom. The number of esters is 2. The molecule has 4 nitrogen and oxygen atoms in total. The van der Waals surface area contributed by atoms with Gasteiger partial charge < -0.3 is 9.47 Å². The fraction of sp³-hybridized carbons (Fsp3) is 0.619. The topological polar surface area (TPSA) is 52.6 Å². The van der Waals surface area contributed by atoms with Crippen LogP contribution in [-0.4, -0.2) is 18.5 Å². The number of carbonyl (C=O) groups is 2. The normalized spacial score (nSPS) is 10.9. The van der Waals surface area contributed by atoms with Gasteiger partial charge >= 0.3 is 11.9 Å². The molecule has 0 aliphatic carbocycles. The van der Waals surface area contributed by atoms with E-state index in [9.17, 15) is 31.5 Å². The van der Waals surface area contributed by atoms with Gasteiger partial charge in [0.25, 0.3) is 0 Å². The first-order valence-electron chi connectivity index (χ1n) is 10.1. The van der Waals surface area contributed by atoms with Gasteiger partial charge in [-0.15, -0.1) is 0 Å². The van der Waals surface area contributed by atoms with E-state index >= 15 is 0 Å². The maximum absolute atomic E-state index is 13.5. The Morgan fingerprint density at radius 1 is 0.633 bits per heavy atom. The highest BCUT2D eigenvalue weighted by Crippen LogP contribution is 2.23. The summed E-state index contributed by atoms with van der Waals surface area (Å²) < 4.78 is 75.7. The van der Waals surface area contributed by atoms with Crippen molar-refractivity contribution < 1.29 is 41.0 Å². The van der Waals surface area contributed by atoms with E-state index in [2.05, 4.69) is 11.7 Å². The Hall–Kier alpha value is -2.19. The SMILES string of the molecule is CCCCCCCCCOC(=O)CCCC(=O)OCc1c(F)c(F)c(F)c(F)c1F. The average Bonchev–Trinajstić information content (AvgIpc) is 2.72. The quantitative estimate of drug-likeness (QED) is 0.120. The number of hydrogen-bond donors (Lipinski definition) is 0. The molecule has 30 heavy (non-hydrogen) atoms. The number of ether oxygens (including phenoxy) is 2. The number of hydrogen-bond acceptors (Lipinski definition) is 4. The van der Waals surface area contributed by atoms with E-state index in [0.717, 1.165) is 25.7 Å². The summed E-state index contributed by atoms with van der Waals surface area (Å²) in [6.45, 7) is 1.34. The third-order valence-corrected chi connectivity index (χ3v) is 4.45. The largest absolute Gasteiger partial charge is 0.466 e. The molecule has 0 aromatic heterocycles. The summed E-state index contributed by atoms with van der Waals surface area (Å²) >= 11 is 0. The minimum atomic E-state index is -2.28. The number of rotatable bonds is 14. The predicted molar refractivity (Wildman–Crippen MR) is 98.8 cm³/mol. The number of halogens is 5. The second-order valence-corrected chi connectivity index (χ2v) is 6.90. The van der Waals surface area contributed by atoms with Crippen molar-refractivity contribution in [2.24, 2.45) is 0 Å². The van der Waals surface area contributed by atoms with Gasteiger partial charge in [-0.25, -0.2) is 22.0 Å². The minimum absolute atomic E-state index is 0.0475. The summed E-state index contributed by atoms with van der Waals surface area (Å²) in [4.78, 5) is 23.2. The first-order valence-corrected chi connectivity index (χ1v) is 10.1. The van der Waals surface area contributed by atoms with Crippen molar-refractivity contribution >= 4 is 11.9 Å². The molecule has 0 amide bonds. The van der Waals surface area contributed by atoms with Crippen molar-refractivity contribution in [3.05, 3.63) is 34.6 Å². The van der Waals surface area contributed by atoms with Gasteiger partial charge in [0, 0.05) is 12.8 Å². The highest BCUT2D eigenvalue weighted by molar-refractivity contribution is 5.72. The lowest BCUT2D eigenvalue weighted by molar-refractivity contribution is -0.146. The summed E-state index contributed by atoms with van der Waals surface area (Å²) in [7, 11) is 0. The van der Waals surface area contributed by atoms with Gasteiger partial charge in [0.1, 0.15) is 6.61 Å². The van der Waals surface area contributed by atoms with Crippen LogP contribution in [0.5, 0.6) is 0 Å². The summed E-state index contributed by atoms with van der Waals surface area (Å²) in [5.41, 5.74) is -1.23. The molecular formula is C21H27F5O4. The lowest BCUT2D eigenvalue weighted by atomic mass is 10.1. The second kappa shape index (κ2) is 13.9. The van der Waals surface area contributed by atoms with Crippen molar-refractivity contribution in [1.29, 1.82) is 0 Å². The molecule has 1 aromatic carbocycles. The van der Waals surface area contributed by atoms with Gasteiger partial charge in [-0.1, -0.05) is 45.4 Å². The van der Waals surface area contributed by atoms with E-state index in [0.29, 0.717) is 6.61 Å². The molecule has 9 heteroatoms. The molecule has 0 N–H and O–H groups in total. The molecule has 0 radical (unpaired) electrons. The Balaban J connectivity index is 2.22. The summed E-state index contributed by atoms with van der Waals surface area (Å²) in [5, 5.41) is 0. The van der Waals surface area contributed by atoms with Crippen LogP contribution in [0, 0.1) is 29.1 Å². The molecule has 1 rings (SSSR count). The van der Waals surface area contributed by atoms with Gasteiger partial charge in [-0.3, -0.25) is 9.59 Å². The van der Waals surface area contributed by atoms with Crippen molar-refractivity contribution in [2.75, 3.05) is 6.61 Å². The average molecular weight is 438 g/mol. The highest BCUT2D eigenvalue weighted by atomic mass is 19.2.